The third-order valence-corrected chi connectivity index (χ3v) is 8.54. The van der Waals surface area contributed by atoms with Crippen molar-refractivity contribution in [3.8, 4) is 0 Å². The minimum atomic E-state index is -0.712. The Morgan fingerprint density at radius 2 is 1.65 bits per heavy atom. The average molecular weight is 316 g/mol. The molecule has 0 heterocycles. The van der Waals surface area contributed by atoms with Gasteiger partial charge in [-0.05, 0) is 48.9 Å². The summed E-state index contributed by atoms with van der Waals surface area (Å²) in [6.07, 6.45) is 4.61. The Bertz CT molecular complexity index is 618. The molecule has 6 atom stereocenters. The first-order chi connectivity index (χ1) is 10.7. The van der Waals surface area contributed by atoms with Gasteiger partial charge in [0.25, 0.3) is 0 Å². The number of carbonyl (C=O) groups is 3. The lowest BCUT2D eigenvalue weighted by molar-refractivity contribution is -0.195. The zero-order valence-corrected chi connectivity index (χ0v) is 14.8. The van der Waals surface area contributed by atoms with Crippen LogP contribution in [0.4, 0.5) is 0 Å². The van der Waals surface area contributed by atoms with Gasteiger partial charge in [0.2, 0.25) is 0 Å². The number of carbonyl (C=O) groups excluding carboxylic acids is 3. The van der Waals surface area contributed by atoms with Gasteiger partial charge in [0.05, 0.1) is 5.41 Å². The van der Waals surface area contributed by atoms with Crippen LogP contribution in [0, 0.1) is 39.9 Å². The lowest BCUT2D eigenvalue weighted by atomic mass is 9.36. The predicted molar refractivity (Wildman–Crippen MR) is 86.7 cm³/mol. The first kappa shape index (κ1) is 15.5. The predicted octanol–water partition coefficient (Wildman–Crippen LogP) is 3.59. The molecule has 3 nitrogen and oxygen atoms in total. The number of hydrogen-bond donors (Lipinski definition) is 0. The summed E-state index contributed by atoms with van der Waals surface area (Å²) in [4.78, 5) is 38.5. The first-order valence-electron chi connectivity index (χ1n) is 9.26. The second-order valence-corrected chi connectivity index (χ2v) is 9.54. The van der Waals surface area contributed by atoms with Crippen molar-refractivity contribution >= 4 is 17.3 Å². The Kier molecular flexibility index (Phi) is 2.93. The average Bonchev–Trinajstić information content (AvgIpc) is 2.49. The molecule has 5 saturated carbocycles. The first-order valence-corrected chi connectivity index (χ1v) is 9.26. The molecule has 0 aliphatic heterocycles. The Morgan fingerprint density at radius 1 is 0.957 bits per heavy atom. The molecule has 1 spiro atoms. The maximum Gasteiger partial charge on any atom is 0.149 e. The molecule has 0 aromatic heterocycles. The molecule has 2 bridgehead atoms. The van der Waals surface area contributed by atoms with E-state index in [1.54, 1.807) is 0 Å². The third kappa shape index (κ3) is 1.59. The van der Waals surface area contributed by atoms with Crippen LogP contribution in [0.25, 0.3) is 0 Å². The van der Waals surface area contributed by atoms with Crippen LogP contribution < -0.4 is 0 Å². The molecule has 0 radical (unpaired) electrons. The Hall–Kier alpha value is -0.990. The van der Waals surface area contributed by atoms with Gasteiger partial charge in [0.15, 0.2) is 0 Å². The number of ketones is 3. The molecular formula is C20H28O3. The fraction of sp³-hybridized carbons (Fsp3) is 0.850. The summed E-state index contributed by atoms with van der Waals surface area (Å²) in [6, 6.07) is 0. The van der Waals surface area contributed by atoms with Crippen LogP contribution in [0.5, 0.6) is 0 Å². The fourth-order valence-corrected chi connectivity index (χ4v) is 7.16. The normalized spacial score (nSPS) is 51.4. The van der Waals surface area contributed by atoms with Gasteiger partial charge in [-0.2, -0.15) is 0 Å². The van der Waals surface area contributed by atoms with E-state index in [1.165, 1.54) is 0 Å². The molecule has 5 rings (SSSR count). The molecule has 23 heavy (non-hydrogen) atoms. The monoisotopic (exact) mass is 316 g/mol. The van der Waals surface area contributed by atoms with Crippen molar-refractivity contribution in [3.63, 3.8) is 0 Å². The quantitative estimate of drug-likeness (QED) is 0.642. The second-order valence-electron chi connectivity index (χ2n) is 9.54. The molecule has 0 aromatic carbocycles. The van der Waals surface area contributed by atoms with E-state index >= 15 is 0 Å². The molecule has 0 amide bonds. The molecule has 0 N–H and O–H groups in total. The van der Waals surface area contributed by atoms with Gasteiger partial charge < -0.3 is 0 Å². The summed E-state index contributed by atoms with van der Waals surface area (Å²) in [5.41, 5.74) is -1.07. The lowest BCUT2D eigenvalue weighted by Gasteiger charge is -2.66. The van der Waals surface area contributed by atoms with E-state index in [0.717, 1.165) is 19.3 Å². The van der Waals surface area contributed by atoms with Gasteiger partial charge in [0, 0.05) is 24.2 Å². The minimum Gasteiger partial charge on any atom is -0.299 e. The summed E-state index contributed by atoms with van der Waals surface area (Å²) in [7, 11) is 0. The molecule has 5 fully saturated rings. The van der Waals surface area contributed by atoms with Gasteiger partial charge in [0.1, 0.15) is 17.3 Å². The van der Waals surface area contributed by atoms with E-state index in [0.29, 0.717) is 31.0 Å². The van der Waals surface area contributed by atoms with Crippen molar-refractivity contribution in [2.45, 2.75) is 66.2 Å². The lowest BCUT2D eigenvalue weighted by Crippen LogP contribution is -2.68. The molecule has 3 heteroatoms. The highest BCUT2D eigenvalue weighted by Crippen LogP contribution is 2.69. The highest BCUT2D eigenvalue weighted by atomic mass is 16.2. The summed E-state index contributed by atoms with van der Waals surface area (Å²) < 4.78 is 0. The summed E-state index contributed by atoms with van der Waals surface area (Å²) >= 11 is 0. The van der Waals surface area contributed by atoms with E-state index in [4.69, 9.17) is 0 Å². The maximum atomic E-state index is 13.1. The van der Waals surface area contributed by atoms with Crippen LogP contribution in [0.15, 0.2) is 0 Å². The largest absolute Gasteiger partial charge is 0.299 e. The van der Waals surface area contributed by atoms with Crippen LogP contribution in [0.1, 0.15) is 66.2 Å². The zero-order valence-electron chi connectivity index (χ0n) is 14.8. The Morgan fingerprint density at radius 3 is 2.35 bits per heavy atom. The van der Waals surface area contributed by atoms with Crippen LogP contribution in [-0.4, -0.2) is 17.3 Å². The Balaban J connectivity index is 1.83. The van der Waals surface area contributed by atoms with E-state index in [-0.39, 0.29) is 40.2 Å². The van der Waals surface area contributed by atoms with Crippen molar-refractivity contribution in [2.24, 2.45) is 39.9 Å². The van der Waals surface area contributed by atoms with Crippen molar-refractivity contribution in [1.82, 2.24) is 0 Å². The summed E-state index contributed by atoms with van der Waals surface area (Å²) in [5, 5.41) is 0. The third-order valence-electron chi connectivity index (χ3n) is 8.54. The van der Waals surface area contributed by atoms with Gasteiger partial charge in [-0.1, -0.05) is 27.7 Å². The van der Waals surface area contributed by atoms with Gasteiger partial charge in [-0.25, -0.2) is 0 Å². The van der Waals surface area contributed by atoms with E-state index in [9.17, 15) is 14.4 Å². The Labute approximate surface area is 138 Å². The molecule has 5 aliphatic rings. The standard InChI is InChI=1S/C20H28O3/c1-11-12-9-14-19(4)7-6-15(21)18(2,3)13(19)5-8-20(14,17(11)23)16(22)10-12/h11-14H,5-10H2,1-4H3/t11-,12+,13-,14+,19-,20+/m0/s1. The molecular weight excluding hydrogens is 288 g/mol. The number of Topliss-reactive ketones (excluding diaryl/α,β-unsaturated/α-hetero) is 3. The van der Waals surface area contributed by atoms with Crippen LogP contribution in [0.2, 0.25) is 0 Å². The highest BCUT2D eigenvalue weighted by Gasteiger charge is 2.70. The molecule has 0 aromatic rings. The molecule has 0 saturated heterocycles. The zero-order chi connectivity index (χ0) is 16.8. The van der Waals surface area contributed by atoms with Crippen LogP contribution >= 0.6 is 0 Å². The SMILES string of the molecule is C[C@@H]1C(=O)[C@]23CC[C@H]4C(C)(C)C(=O)CC[C@]4(C)[C@H]2C[C@@H]1CC3=O. The number of hydrogen-bond acceptors (Lipinski definition) is 3. The van der Waals surface area contributed by atoms with Crippen molar-refractivity contribution in [1.29, 1.82) is 0 Å². The van der Waals surface area contributed by atoms with Crippen LogP contribution in [0.3, 0.4) is 0 Å². The second kappa shape index (κ2) is 4.34. The topological polar surface area (TPSA) is 51.2 Å². The fourth-order valence-electron chi connectivity index (χ4n) is 7.16. The number of rotatable bonds is 0. The summed E-state index contributed by atoms with van der Waals surface area (Å²) in [5.74, 6) is 1.56. The minimum absolute atomic E-state index is 0.0419. The molecule has 0 unspecified atom stereocenters. The van der Waals surface area contributed by atoms with Crippen molar-refractivity contribution < 1.29 is 14.4 Å². The maximum absolute atomic E-state index is 13.1. The van der Waals surface area contributed by atoms with Crippen molar-refractivity contribution in [3.05, 3.63) is 0 Å². The van der Waals surface area contributed by atoms with Gasteiger partial charge in [-0.3, -0.25) is 14.4 Å². The smallest absolute Gasteiger partial charge is 0.149 e. The van der Waals surface area contributed by atoms with E-state index < -0.39 is 5.41 Å². The number of fused-ring (bicyclic) bond motifs is 3. The van der Waals surface area contributed by atoms with E-state index in [1.807, 2.05) is 6.92 Å². The van der Waals surface area contributed by atoms with Crippen LogP contribution in [-0.2, 0) is 14.4 Å². The molecule has 5 aliphatic carbocycles. The van der Waals surface area contributed by atoms with E-state index in [2.05, 4.69) is 20.8 Å². The highest BCUT2D eigenvalue weighted by molar-refractivity contribution is 6.11. The van der Waals surface area contributed by atoms with Gasteiger partial charge in [-0.15, -0.1) is 0 Å². The molecule has 126 valence electrons. The van der Waals surface area contributed by atoms with Crippen molar-refractivity contribution in [2.75, 3.05) is 0 Å². The van der Waals surface area contributed by atoms with Gasteiger partial charge >= 0.3 is 0 Å². The summed E-state index contributed by atoms with van der Waals surface area (Å²) in [6.45, 7) is 8.48.